The van der Waals surface area contributed by atoms with Crippen molar-refractivity contribution >= 4 is 34.1 Å². The van der Waals surface area contributed by atoms with E-state index in [1.54, 1.807) is 29.2 Å². The number of aryl methyl sites for hydroxylation is 1. The third-order valence-corrected chi connectivity index (χ3v) is 5.56. The minimum Gasteiger partial charge on any atom is -0.368 e. The molecule has 0 bridgehead atoms. The Morgan fingerprint density at radius 3 is 2.55 bits per heavy atom. The van der Waals surface area contributed by atoms with Gasteiger partial charge >= 0.3 is 5.69 Å². The van der Waals surface area contributed by atoms with Gasteiger partial charge in [-0.2, -0.15) is 0 Å². The summed E-state index contributed by atoms with van der Waals surface area (Å²) in [4.78, 5) is 44.2. The Kier molecular flexibility index (Phi) is 5.15. The maximum atomic E-state index is 12.7. The largest absolute Gasteiger partial charge is 0.368 e. The average Bonchev–Trinajstić information content (AvgIpc) is 2.73. The van der Waals surface area contributed by atoms with Crippen molar-refractivity contribution in [3.8, 4) is 0 Å². The van der Waals surface area contributed by atoms with Crippen LogP contribution in [0.15, 0.2) is 52.1 Å². The number of hydrogen-bond donors (Lipinski definition) is 1. The van der Waals surface area contributed by atoms with Crippen LogP contribution in [0.3, 0.4) is 0 Å². The molecule has 8 heteroatoms. The van der Waals surface area contributed by atoms with E-state index in [0.29, 0.717) is 42.1 Å². The Labute approximate surface area is 172 Å². The number of carbonyl (C=O) groups is 1. The molecule has 4 rings (SSSR count). The van der Waals surface area contributed by atoms with Gasteiger partial charge in [0.15, 0.2) is 0 Å². The monoisotopic (exact) mass is 412 g/mol. The Hall–Kier alpha value is -3.06. The summed E-state index contributed by atoms with van der Waals surface area (Å²) in [5.41, 5.74) is 1.63. The molecule has 1 N–H and O–H groups in total. The molecule has 2 aromatic carbocycles. The minimum atomic E-state index is -0.574. The molecule has 0 radical (unpaired) electrons. The van der Waals surface area contributed by atoms with Crippen molar-refractivity contribution < 1.29 is 4.79 Å². The number of aromatic nitrogens is 2. The van der Waals surface area contributed by atoms with Crippen molar-refractivity contribution in [2.75, 3.05) is 31.1 Å². The lowest BCUT2D eigenvalue weighted by atomic mass is 10.1. The number of nitrogens with zero attached hydrogens (tertiary/aromatic N) is 3. The number of H-pyrrole nitrogens is 1. The van der Waals surface area contributed by atoms with Crippen molar-refractivity contribution in [3.63, 3.8) is 0 Å². The lowest BCUT2D eigenvalue weighted by Gasteiger charge is -2.37. The standard InChI is InChI=1S/C21H21ClN4O3/c1-14-6-7-15(22)12-18(14)24-8-10-25(11-9-24)19(27)13-26-20(28)16-4-2-3-5-17(16)23-21(26)29/h2-7,12H,8-11,13H2,1H3,(H,23,29). The predicted molar refractivity (Wildman–Crippen MR) is 114 cm³/mol. The first-order chi connectivity index (χ1) is 13.9. The van der Waals surface area contributed by atoms with Gasteiger partial charge in [0.1, 0.15) is 6.54 Å². The molecule has 29 heavy (non-hydrogen) atoms. The molecule has 1 amide bonds. The molecule has 0 atom stereocenters. The minimum absolute atomic E-state index is 0.240. The van der Waals surface area contributed by atoms with Crippen LogP contribution in [0.25, 0.3) is 10.9 Å². The number of halogens is 1. The molecule has 1 saturated heterocycles. The smallest absolute Gasteiger partial charge is 0.329 e. The molecule has 1 fully saturated rings. The van der Waals surface area contributed by atoms with Crippen molar-refractivity contribution in [2.24, 2.45) is 0 Å². The molecule has 7 nitrogen and oxygen atoms in total. The molecule has 0 spiro atoms. The van der Waals surface area contributed by atoms with Gasteiger partial charge in [0.25, 0.3) is 5.56 Å². The molecular formula is C21H21ClN4O3. The average molecular weight is 413 g/mol. The van der Waals surface area contributed by atoms with Gasteiger partial charge in [0.05, 0.1) is 10.9 Å². The number of benzene rings is 2. The predicted octanol–water partition coefficient (Wildman–Crippen LogP) is 2.00. The summed E-state index contributed by atoms with van der Waals surface area (Å²) >= 11 is 6.12. The Bertz CT molecular complexity index is 1190. The van der Waals surface area contributed by atoms with Gasteiger partial charge in [-0.25, -0.2) is 4.79 Å². The second-order valence-corrected chi connectivity index (χ2v) is 7.60. The summed E-state index contributed by atoms with van der Waals surface area (Å²) in [6.07, 6.45) is 0. The molecule has 3 aromatic rings. The lowest BCUT2D eigenvalue weighted by Crippen LogP contribution is -2.51. The quantitative estimate of drug-likeness (QED) is 0.713. The SMILES string of the molecule is Cc1ccc(Cl)cc1N1CCN(C(=O)Cn2c(=O)[nH]c3ccccc3c2=O)CC1. The zero-order valence-corrected chi connectivity index (χ0v) is 16.8. The van der Waals surface area contributed by atoms with E-state index in [4.69, 9.17) is 11.6 Å². The van der Waals surface area contributed by atoms with E-state index in [9.17, 15) is 14.4 Å². The lowest BCUT2D eigenvalue weighted by molar-refractivity contribution is -0.132. The highest BCUT2D eigenvalue weighted by molar-refractivity contribution is 6.30. The van der Waals surface area contributed by atoms with E-state index in [-0.39, 0.29) is 12.5 Å². The number of piperazine rings is 1. The molecule has 1 aliphatic heterocycles. The number of para-hydroxylation sites is 1. The van der Waals surface area contributed by atoms with E-state index >= 15 is 0 Å². The molecule has 1 aromatic heterocycles. The molecule has 2 heterocycles. The highest BCUT2D eigenvalue weighted by Gasteiger charge is 2.23. The van der Waals surface area contributed by atoms with Crippen LogP contribution in [0.4, 0.5) is 5.69 Å². The first-order valence-corrected chi connectivity index (χ1v) is 9.82. The molecule has 0 unspecified atom stereocenters. The zero-order chi connectivity index (χ0) is 20.5. The first kappa shape index (κ1) is 19.3. The van der Waals surface area contributed by atoms with Crippen LogP contribution in [-0.4, -0.2) is 46.5 Å². The van der Waals surface area contributed by atoms with Crippen LogP contribution < -0.4 is 16.1 Å². The van der Waals surface area contributed by atoms with Gasteiger partial charge in [-0.15, -0.1) is 0 Å². The molecule has 150 valence electrons. The number of fused-ring (bicyclic) bond motifs is 1. The number of amides is 1. The van der Waals surface area contributed by atoms with Gasteiger partial charge in [0, 0.05) is 36.9 Å². The molecule has 0 aliphatic carbocycles. The Morgan fingerprint density at radius 1 is 1.07 bits per heavy atom. The maximum Gasteiger partial charge on any atom is 0.329 e. The van der Waals surface area contributed by atoms with Crippen LogP contribution in [0, 0.1) is 6.92 Å². The van der Waals surface area contributed by atoms with E-state index in [1.807, 2.05) is 25.1 Å². The first-order valence-electron chi connectivity index (χ1n) is 9.45. The van der Waals surface area contributed by atoms with E-state index in [1.165, 1.54) is 0 Å². The van der Waals surface area contributed by atoms with Gasteiger partial charge in [-0.05, 0) is 36.8 Å². The fourth-order valence-electron chi connectivity index (χ4n) is 3.70. The van der Waals surface area contributed by atoms with Crippen LogP contribution >= 0.6 is 11.6 Å². The van der Waals surface area contributed by atoms with Crippen LogP contribution in [0.2, 0.25) is 5.02 Å². The zero-order valence-electron chi connectivity index (χ0n) is 16.0. The summed E-state index contributed by atoms with van der Waals surface area (Å²) in [6.45, 7) is 4.12. The van der Waals surface area contributed by atoms with E-state index < -0.39 is 11.2 Å². The summed E-state index contributed by atoms with van der Waals surface area (Å²) < 4.78 is 0.970. The van der Waals surface area contributed by atoms with Gasteiger partial charge in [-0.3, -0.25) is 14.2 Å². The number of anilines is 1. The maximum absolute atomic E-state index is 12.7. The highest BCUT2D eigenvalue weighted by atomic mass is 35.5. The number of hydrogen-bond acceptors (Lipinski definition) is 4. The summed E-state index contributed by atoms with van der Waals surface area (Å²) in [6, 6.07) is 12.6. The fourth-order valence-corrected chi connectivity index (χ4v) is 3.86. The second kappa shape index (κ2) is 7.75. The number of aromatic amines is 1. The molecule has 1 aliphatic rings. The van der Waals surface area contributed by atoms with Gasteiger partial charge < -0.3 is 14.8 Å². The third-order valence-electron chi connectivity index (χ3n) is 5.33. The molecular weight excluding hydrogens is 392 g/mol. The van der Waals surface area contributed by atoms with Gasteiger partial charge in [0.2, 0.25) is 5.91 Å². The fraction of sp³-hybridized carbons (Fsp3) is 0.286. The van der Waals surface area contributed by atoms with Crippen LogP contribution in [0.5, 0.6) is 0 Å². The van der Waals surface area contributed by atoms with Gasteiger partial charge in [-0.1, -0.05) is 29.8 Å². The second-order valence-electron chi connectivity index (χ2n) is 7.17. The number of nitrogens with one attached hydrogen (secondary N) is 1. The number of carbonyl (C=O) groups excluding carboxylic acids is 1. The normalized spacial score (nSPS) is 14.4. The van der Waals surface area contributed by atoms with Crippen molar-refractivity contribution in [1.82, 2.24) is 14.5 Å². The Morgan fingerprint density at radius 2 is 1.79 bits per heavy atom. The summed E-state index contributed by atoms with van der Waals surface area (Å²) in [5.74, 6) is -0.240. The Balaban J connectivity index is 1.48. The van der Waals surface area contributed by atoms with E-state index in [2.05, 4.69) is 9.88 Å². The highest BCUT2D eigenvalue weighted by Crippen LogP contribution is 2.25. The topological polar surface area (TPSA) is 78.4 Å². The number of rotatable bonds is 3. The van der Waals surface area contributed by atoms with Crippen molar-refractivity contribution in [3.05, 3.63) is 73.9 Å². The third kappa shape index (κ3) is 3.78. The van der Waals surface area contributed by atoms with Crippen molar-refractivity contribution in [2.45, 2.75) is 13.5 Å². The van der Waals surface area contributed by atoms with E-state index in [0.717, 1.165) is 15.8 Å². The summed E-state index contributed by atoms with van der Waals surface area (Å²) in [5, 5.41) is 1.07. The summed E-state index contributed by atoms with van der Waals surface area (Å²) in [7, 11) is 0. The van der Waals surface area contributed by atoms with Crippen molar-refractivity contribution in [1.29, 1.82) is 0 Å². The molecule has 0 saturated carbocycles. The van der Waals surface area contributed by atoms with Crippen LogP contribution in [-0.2, 0) is 11.3 Å². The van der Waals surface area contributed by atoms with Crippen LogP contribution in [0.1, 0.15) is 5.56 Å².